The fourth-order valence-corrected chi connectivity index (χ4v) is 0.391. The van der Waals surface area contributed by atoms with Crippen molar-refractivity contribution < 1.29 is 4.74 Å². The van der Waals surface area contributed by atoms with Crippen LogP contribution >= 0.6 is 0 Å². The van der Waals surface area contributed by atoms with E-state index in [9.17, 15) is 0 Å². The molecule has 0 atom stereocenters. The van der Waals surface area contributed by atoms with Gasteiger partial charge in [0.2, 0.25) is 0 Å². The number of methoxy groups -OCH3 is 1. The number of rotatable bonds is 1. The summed E-state index contributed by atoms with van der Waals surface area (Å²) in [6.45, 7) is 0. The van der Waals surface area contributed by atoms with Gasteiger partial charge in [0.05, 0.1) is 19.5 Å². The molecule has 0 unspecified atom stereocenters. The molecule has 0 aliphatic carbocycles. The van der Waals surface area contributed by atoms with Crippen molar-refractivity contribution in [3.05, 3.63) is 18.7 Å². The minimum absolute atomic E-state index is 0.688. The third-order valence-electron chi connectivity index (χ3n) is 0.773. The Balaban J connectivity index is 0.000000371. The van der Waals surface area contributed by atoms with Crippen LogP contribution in [0.3, 0.4) is 0 Å². The predicted octanol–water partition coefficient (Wildman–Crippen LogP) is 0.735. The first kappa shape index (κ1) is 8.44. The molecule has 3 nitrogen and oxygen atoms in total. The molecule has 0 amide bonds. The quantitative estimate of drug-likeness (QED) is 0.534. The van der Waals surface area contributed by atoms with Crippen molar-refractivity contribution in [1.82, 2.24) is 9.97 Å². The lowest BCUT2D eigenvalue weighted by Gasteiger charge is -1.92. The van der Waals surface area contributed by atoms with Crippen molar-refractivity contribution >= 4 is 0 Å². The van der Waals surface area contributed by atoms with Crippen molar-refractivity contribution in [2.24, 2.45) is 0 Å². The molecule has 1 rings (SSSR count). The average Bonchev–Trinajstić information content (AvgIpc) is 2.10. The Labute approximate surface area is 60.1 Å². The van der Waals surface area contributed by atoms with Gasteiger partial charge in [0.15, 0.2) is 5.75 Å². The molecule has 0 spiro atoms. The van der Waals surface area contributed by atoms with E-state index in [4.69, 9.17) is 4.74 Å². The molecule has 0 fully saturated rings. The van der Waals surface area contributed by atoms with Gasteiger partial charge in [-0.1, -0.05) is 0 Å². The maximum Gasteiger partial charge on any atom is 0.155 e. The molecule has 0 saturated carbocycles. The van der Waals surface area contributed by atoms with Crippen LogP contribution in [0.5, 0.6) is 5.75 Å². The second-order valence-corrected chi connectivity index (χ2v) is 1.28. The highest BCUT2D eigenvalue weighted by Crippen LogP contribution is 2.00. The molecule has 0 radical (unpaired) electrons. The molecule has 52 valence electrons. The number of hydrogen-bond donors (Lipinski definition) is 0. The molecule has 3 heteroatoms. The minimum Gasteiger partial charge on any atom is -0.494 e. The van der Waals surface area contributed by atoms with E-state index < -0.39 is 0 Å². The van der Waals surface area contributed by atoms with Crippen molar-refractivity contribution in [3.63, 3.8) is 0 Å². The molecule has 0 saturated heterocycles. The zero-order chi connectivity index (χ0) is 7.82. The van der Waals surface area contributed by atoms with Gasteiger partial charge in [0.25, 0.3) is 0 Å². The zero-order valence-electron chi connectivity index (χ0n) is 5.69. The maximum absolute atomic E-state index is 4.79. The predicted molar refractivity (Wildman–Crippen MR) is 38.5 cm³/mol. The molecule has 0 aliphatic rings. The summed E-state index contributed by atoms with van der Waals surface area (Å²) < 4.78 is 4.79. The van der Waals surface area contributed by atoms with Crippen LogP contribution in [0.4, 0.5) is 0 Å². The zero-order valence-corrected chi connectivity index (χ0v) is 5.69. The van der Waals surface area contributed by atoms with Crippen LogP contribution in [0.2, 0.25) is 0 Å². The number of aromatic nitrogens is 2. The van der Waals surface area contributed by atoms with Crippen LogP contribution in [-0.2, 0) is 0 Å². The van der Waals surface area contributed by atoms with Crippen molar-refractivity contribution in [2.45, 2.75) is 0 Å². The minimum atomic E-state index is 0.688. The van der Waals surface area contributed by atoms with Gasteiger partial charge in [-0.25, -0.2) is 9.97 Å². The molecule has 0 bridgehead atoms. The van der Waals surface area contributed by atoms with E-state index in [-0.39, 0.29) is 0 Å². The second kappa shape index (κ2) is 5.57. The number of nitrogens with zero attached hydrogens (tertiary/aromatic N) is 2. The summed E-state index contributed by atoms with van der Waals surface area (Å²) in [7, 11) is 1.58. The highest BCUT2D eigenvalue weighted by molar-refractivity contribution is 5.08. The number of terminal acetylenes is 1. The highest BCUT2D eigenvalue weighted by atomic mass is 16.5. The van der Waals surface area contributed by atoms with Crippen molar-refractivity contribution in [1.29, 1.82) is 0 Å². The van der Waals surface area contributed by atoms with Gasteiger partial charge >= 0.3 is 0 Å². The van der Waals surface area contributed by atoms with E-state index in [0.717, 1.165) is 0 Å². The molecule has 0 N–H and O–H groups in total. The molecule has 1 aromatic rings. The fraction of sp³-hybridized carbons (Fsp3) is 0.143. The molecular formula is C7H8N2O. The van der Waals surface area contributed by atoms with Crippen LogP contribution in [0.15, 0.2) is 18.7 Å². The van der Waals surface area contributed by atoms with Crippen LogP contribution in [0, 0.1) is 12.8 Å². The molecule has 10 heavy (non-hydrogen) atoms. The molecular weight excluding hydrogens is 128 g/mol. The fourth-order valence-electron chi connectivity index (χ4n) is 0.391. The second-order valence-electron chi connectivity index (χ2n) is 1.28. The summed E-state index contributed by atoms with van der Waals surface area (Å²) in [6, 6.07) is 0. The normalized spacial score (nSPS) is 7.10. The first-order valence-electron chi connectivity index (χ1n) is 2.56. The third-order valence-corrected chi connectivity index (χ3v) is 0.773. The Bertz CT molecular complexity index is 183. The van der Waals surface area contributed by atoms with E-state index >= 15 is 0 Å². The molecule has 1 heterocycles. The van der Waals surface area contributed by atoms with Gasteiger partial charge in [0.1, 0.15) is 6.33 Å². The van der Waals surface area contributed by atoms with Crippen molar-refractivity contribution in [2.75, 3.05) is 7.11 Å². The molecule has 1 aromatic heterocycles. The van der Waals surface area contributed by atoms with Crippen LogP contribution < -0.4 is 4.74 Å². The lowest BCUT2D eigenvalue weighted by Crippen LogP contribution is -1.83. The van der Waals surface area contributed by atoms with Gasteiger partial charge in [0, 0.05) is 0 Å². The summed E-state index contributed by atoms with van der Waals surface area (Å²) in [5.41, 5.74) is 0. The number of ether oxygens (including phenoxy) is 1. The van der Waals surface area contributed by atoms with Gasteiger partial charge < -0.3 is 4.74 Å². The Morgan fingerprint density at radius 2 is 1.80 bits per heavy atom. The smallest absolute Gasteiger partial charge is 0.155 e. The van der Waals surface area contributed by atoms with E-state index in [1.165, 1.54) is 6.33 Å². The topological polar surface area (TPSA) is 35.0 Å². The average molecular weight is 136 g/mol. The largest absolute Gasteiger partial charge is 0.494 e. The Kier molecular flexibility index (Phi) is 4.70. The first-order chi connectivity index (χ1) is 4.93. The van der Waals surface area contributed by atoms with Gasteiger partial charge in [-0.05, 0) is 0 Å². The van der Waals surface area contributed by atoms with Crippen LogP contribution in [0.25, 0.3) is 0 Å². The Morgan fingerprint density at radius 3 is 2.10 bits per heavy atom. The lowest BCUT2D eigenvalue weighted by atomic mass is 10.6. The first-order valence-corrected chi connectivity index (χ1v) is 2.56. The summed E-state index contributed by atoms with van der Waals surface area (Å²) in [5, 5.41) is 0. The van der Waals surface area contributed by atoms with E-state index in [1.807, 2.05) is 0 Å². The SMILES string of the molecule is C#C.COc1cncnc1. The Morgan fingerprint density at radius 1 is 1.30 bits per heavy atom. The van der Waals surface area contributed by atoms with E-state index in [0.29, 0.717) is 5.75 Å². The molecule has 0 aliphatic heterocycles. The lowest BCUT2D eigenvalue weighted by molar-refractivity contribution is 0.410. The van der Waals surface area contributed by atoms with E-state index in [2.05, 4.69) is 22.8 Å². The van der Waals surface area contributed by atoms with Gasteiger partial charge in [-0.3, -0.25) is 0 Å². The van der Waals surface area contributed by atoms with Gasteiger partial charge in [-0.15, -0.1) is 12.8 Å². The van der Waals surface area contributed by atoms with Gasteiger partial charge in [-0.2, -0.15) is 0 Å². The number of hydrogen-bond acceptors (Lipinski definition) is 3. The van der Waals surface area contributed by atoms with Crippen molar-refractivity contribution in [3.8, 4) is 18.6 Å². The summed E-state index contributed by atoms with van der Waals surface area (Å²) in [5.74, 6) is 0.688. The third kappa shape index (κ3) is 2.68. The summed E-state index contributed by atoms with van der Waals surface area (Å²) >= 11 is 0. The van der Waals surface area contributed by atoms with Crippen LogP contribution in [0.1, 0.15) is 0 Å². The Hall–Kier alpha value is -1.56. The monoisotopic (exact) mass is 136 g/mol. The summed E-state index contributed by atoms with van der Waals surface area (Å²) in [4.78, 5) is 7.44. The maximum atomic E-state index is 4.79. The van der Waals surface area contributed by atoms with Crippen LogP contribution in [-0.4, -0.2) is 17.1 Å². The molecule has 0 aromatic carbocycles. The summed E-state index contributed by atoms with van der Waals surface area (Å²) in [6.07, 6.45) is 12.7. The van der Waals surface area contributed by atoms with E-state index in [1.54, 1.807) is 19.5 Å². The highest BCUT2D eigenvalue weighted by Gasteiger charge is 1.82. The standard InChI is InChI=1S/C5H6N2O.C2H2/c1-8-5-2-6-4-7-3-5;1-2/h2-4H,1H3;1-2H.